The number of halogens is 1. The third kappa shape index (κ3) is 3.05. The predicted octanol–water partition coefficient (Wildman–Crippen LogP) is 2.57. The molecule has 0 amide bonds. The first-order valence-corrected chi connectivity index (χ1v) is 5.73. The van der Waals surface area contributed by atoms with Crippen molar-refractivity contribution in [2.24, 2.45) is 5.73 Å². The van der Waals surface area contributed by atoms with Crippen molar-refractivity contribution < 1.29 is 9.13 Å². The topological polar surface area (TPSA) is 48.1 Å². The Morgan fingerprint density at radius 3 is 2.56 bits per heavy atom. The summed E-state index contributed by atoms with van der Waals surface area (Å²) in [6, 6.07) is 9.94. The van der Waals surface area contributed by atoms with E-state index in [0.29, 0.717) is 18.9 Å². The summed E-state index contributed by atoms with van der Waals surface area (Å²) in [6.07, 6.45) is 0. The monoisotopic (exact) mass is 246 g/mol. The van der Waals surface area contributed by atoms with E-state index in [9.17, 15) is 4.39 Å². The van der Waals surface area contributed by atoms with E-state index in [4.69, 9.17) is 10.5 Å². The molecule has 0 fully saturated rings. The maximum Gasteiger partial charge on any atom is 0.142 e. The second-order valence-electron chi connectivity index (χ2n) is 4.02. The molecule has 0 aliphatic carbocycles. The number of aryl methyl sites for hydroxylation is 1. The van der Waals surface area contributed by atoms with Gasteiger partial charge >= 0.3 is 0 Å². The van der Waals surface area contributed by atoms with E-state index in [-0.39, 0.29) is 5.82 Å². The molecule has 0 saturated carbocycles. The van der Waals surface area contributed by atoms with Crippen LogP contribution in [0.25, 0.3) is 0 Å². The lowest BCUT2D eigenvalue weighted by Gasteiger charge is -2.10. The van der Waals surface area contributed by atoms with Crippen molar-refractivity contribution in [2.45, 2.75) is 20.1 Å². The number of nitrogens with zero attached hydrogens (tertiary/aromatic N) is 1. The number of ether oxygens (including phenoxy) is 1. The minimum atomic E-state index is -0.251. The maximum absolute atomic E-state index is 12.7. The minimum Gasteiger partial charge on any atom is -0.487 e. The van der Waals surface area contributed by atoms with Crippen LogP contribution in [-0.2, 0) is 13.2 Å². The number of aromatic nitrogens is 1. The summed E-state index contributed by atoms with van der Waals surface area (Å²) >= 11 is 0. The van der Waals surface area contributed by atoms with E-state index >= 15 is 0 Å². The van der Waals surface area contributed by atoms with Crippen LogP contribution in [-0.4, -0.2) is 4.98 Å². The van der Waals surface area contributed by atoms with E-state index < -0.39 is 0 Å². The molecule has 3 nitrogen and oxygen atoms in total. The molecule has 4 heteroatoms. The summed E-state index contributed by atoms with van der Waals surface area (Å²) < 4.78 is 18.4. The van der Waals surface area contributed by atoms with Crippen molar-refractivity contribution in [3.05, 3.63) is 59.2 Å². The third-order valence-corrected chi connectivity index (χ3v) is 2.57. The van der Waals surface area contributed by atoms with Gasteiger partial charge in [0.1, 0.15) is 18.2 Å². The molecule has 94 valence electrons. The Bertz CT molecular complexity index is 526. The Balaban J connectivity index is 2.08. The molecule has 0 aliphatic heterocycles. The summed E-state index contributed by atoms with van der Waals surface area (Å²) in [5, 5.41) is 0. The number of hydrogen-bond acceptors (Lipinski definition) is 3. The Labute approximate surface area is 105 Å². The summed E-state index contributed by atoms with van der Waals surface area (Å²) in [5.41, 5.74) is 8.16. The molecule has 1 heterocycles. The van der Waals surface area contributed by atoms with E-state index in [1.165, 1.54) is 12.1 Å². The molecule has 0 radical (unpaired) electrons. The highest BCUT2D eigenvalue weighted by Crippen LogP contribution is 2.18. The first-order chi connectivity index (χ1) is 8.69. The fourth-order valence-electron chi connectivity index (χ4n) is 1.62. The van der Waals surface area contributed by atoms with Gasteiger partial charge < -0.3 is 10.5 Å². The lowest BCUT2D eigenvalue weighted by Crippen LogP contribution is -2.05. The van der Waals surface area contributed by atoms with Crippen LogP contribution in [0.3, 0.4) is 0 Å². The molecular formula is C14H15FN2O. The SMILES string of the molecule is Cc1ccc(OCc2ccc(F)cc2)c(CN)n1. The van der Waals surface area contributed by atoms with Crippen molar-refractivity contribution in [2.75, 3.05) is 0 Å². The van der Waals surface area contributed by atoms with E-state index in [2.05, 4.69) is 4.98 Å². The summed E-state index contributed by atoms with van der Waals surface area (Å²) in [5.74, 6) is 0.422. The Morgan fingerprint density at radius 1 is 1.17 bits per heavy atom. The molecule has 1 aromatic carbocycles. The van der Waals surface area contributed by atoms with Gasteiger partial charge in [-0.1, -0.05) is 12.1 Å². The smallest absolute Gasteiger partial charge is 0.142 e. The first-order valence-electron chi connectivity index (χ1n) is 5.73. The van der Waals surface area contributed by atoms with Gasteiger partial charge in [0.05, 0.1) is 5.69 Å². The van der Waals surface area contributed by atoms with Crippen LogP contribution in [0.2, 0.25) is 0 Å². The number of pyridine rings is 1. The zero-order chi connectivity index (χ0) is 13.0. The standard InChI is InChI=1S/C14H15FN2O/c1-10-2-7-14(13(8-16)17-10)18-9-11-3-5-12(15)6-4-11/h2-7H,8-9,16H2,1H3. The molecule has 2 rings (SSSR count). The highest BCUT2D eigenvalue weighted by Gasteiger charge is 2.04. The quantitative estimate of drug-likeness (QED) is 0.902. The number of hydrogen-bond donors (Lipinski definition) is 1. The second-order valence-corrected chi connectivity index (χ2v) is 4.02. The summed E-state index contributed by atoms with van der Waals surface area (Å²) in [4.78, 5) is 4.31. The van der Waals surface area contributed by atoms with Gasteiger partial charge in [0.25, 0.3) is 0 Å². The zero-order valence-electron chi connectivity index (χ0n) is 10.2. The van der Waals surface area contributed by atoms with Crippen LogP contribution in [0.4, 0.5) is 4.39 Å². The summed E-state index contributed by atoms with van der Waals surface area (Å²) in [6.45, 7) is 2.61. The van der Waals surface area contributed by atoms with Crippen molar-refractivity contribution >= 4 is 0 Å². The second kappa shape index (κ2) is 5.60. The van der Waals surface area contributed by atoms with Crippen molar-refractivity contribution in [1.29, 1.82) is 0 Å². The Kier molecular flexibility index (Phi) is 3.89. The van der Waals surface area contributed by atoms with E-state index in [1.54, 1.807) is 12.1 Å². The van der Waals surface area contributed by atoms with Gasteiger partial charge in [-0.2, -0.15) is 0 Å². The predicted molar refractivity (Wildman–Crippen MR) is 67.6 cm³/mol. The molecular weight excluding hydrogens is 231 g/mol. The van der Waals surface area contributed by atoms with Crippen LogP contribution in [0.1, 0.15) is 17.0 Å². The van der Waals surface area contributed by atoms with Gasteiger partial charge in [-0.25, -0.2) is 4.39 Å². The number of benzene rings is 1. The van der Waals surface area contributed by atoms with Gasteiger partial charge in [-0.15, -0.1) is 0 Å². The average molecular weight is 246 g/mol. The Morgan fingerprint density at radius 2 is 1.89 bits per heavy atom. The molecule has 2 N–H and O–H groups in total. The van der Waals surface area contributed by atoms with Crippen LogP contribution >= 0.6 is 0 Å². The maximum atomic E-state index is 12.7. The lowest BCUT2D eigenvalue weighted by molar-refractivity contribution is 0.301. The molecule has 2 aromatic rings. The van der Waals surface area contributed by atoms with Crippen LogP contribution in [0.5, 0.6) is 5.75 Å². The van der Waals surface area contributed by atoms with Crippen LogP contribution < -0.4 is 10.5 Å². The minimum absolute atomic E-state index is 0.251. The average Bonchev–Trinajstić information content (AvgIpc) is 2.39. The fourth-order valence-corrected chi connectivity index (χ4v) is 1.62. The van der Waals surface area contributed by atoms with Gasteiger partial charge in [-0.05, 0) is 36.8 Å². The first kappa shape index (κ1) is 12.5. The highest BCUT2D eigenvalue weighted by atomic mass is 19.1. The number of rotatable bonds is 4. The van der Waals surface area contributed by atoms with Crippen molar-refractivity contribution in [1.82, 2.24) is 4.98 Å². The fraction of sp³-hybridized carbons (Fsp3) is 0.214. The normalized spacial score (nSPS) is 10.4. The number of nitrogens with two attached hydrogens (primary N) is 1. The van der Waals surface area contributed by atoms with Crippen LogP contribution in [0.15, 0.2) is 36.4 Å². The van der Waals surface area contributed by atoms with Crippen LogP contribution in [0, 0.1) is 12.7 Å². The molecule has 0 saturated heterocycles. The molecule has 18 heavy (non-hydrogen) atoms. The lowest BCUT2D eigenvalue weighted by atomic mass is 10.2. The van der Waals surface area contributed by atoms with Gasteiger partial charge in [0, 0.05) is 12.2 Å². The van der Waals surface area contributed by atoms with Gasteiger partial charge in [0.2, 0.25) is 0 Å². The molecule has 1 aromatic heterocycles. The molecule has 0 bridgehead atoms. The van der Waals surface area contributed by atoms with Crippen molar-refractivity contribution in [3.63, 3.8) is 0 Å². The van der Waals surface area contributed by atoms with E-state index in [1.807, 2.05) is 19.1 Å². The summed E-state index contributed by atoms with van der Waals surface area (Å²) in [7, 11) is 0. The highest BCUT2D eigenvalue weighted by molar-refractivity contribution is 5.29. The Hall–Kier alpha value is -1.94. The molecule has 0 aliphatic rings. The van der Waals surface area contributed by atoms with Gasteiger partial charge in [-0.3, -0.25) is 4.98 Å². The molecule has 0 atom stereocenters. The van der Waals surface area contributed by atoms with E-state index in [0.717, 1.165) is 17.0 Å². The van der Waals surface area contributed by atoms with Gasteiger partial charge in [0.15, 0.2) is 0 Å². The third-order valence-electron chi connectivity index (χ3n) is 2.57. The molecule has 0 unspecified atom stereocenters. The largest absolute Gasteiger partial charge is 0.487 e. The zero-order valence-corrected chi connectivity index (χ0v) is 10.2. The molecule has 0 spiro atoms. The van der Waals surface area contributed by atoms with Crippen molar-refractivity contribution in [3.8, 4) is 5.75 Å².